The number of aldehydes is 1. The molecule has 0 saturated carbocycles. The molecule has 1 aromatic rings. The molecule has 110 valence electrons. The second-order valence-corrected chi connectivity index (χ2v) is 5.78. The maximum Gasteiger partial charge on any atom is 0.573 e. The van der Waals surface area contributed by atoms with E-state index in [9.17, 15) is 36.5 Å². The molecule has 0 fully saturated rings. The normalized spacial score (nSPS) is 12.0. The molecule has 12 heteroatoms. The number of benzene rings is 1. The Morgan fingerprint density at radius 1 is 1.35 bits per heavy atom. The highest BCUT2D eigenvalue weighted by Gasteiger charge is 2.35. The topological polar surface area (TPSA) is 104 Å². The number of hydrogen-bond acceptors (Lipinski definition) is 6. The van der Waals surface area contributed by atoms with Gasteiger partial charge in [0, 0.05) is 22.8 Å². The Morgan fingerprint density at radius 3 is 2.25 bits per heavy atom. The number of nitrogens with zero attached hydrogens (tertiary/aromatic N) is 1. The van der Waals surface area contributed by atoms with E-state index in [1.54, 1.807) is 0 Å². The highest BCUT2D eigenvalue weighted by atomic mass is 35.7. The third-order valence-corrected chi connectivity index (χ3v) is 3.25. The zero-order valence-corrected chi connectivity index (χ0v) is 10.6. The van der Waals surface area contributed by atoms with Crippen LogP contribution in [0, 0.1) is 10.1 Å². The van der Waals surface area contributed by atoms with Gasteiger partial charge in [-0.05, 0) is 0 Å². The van der Waals surface area contributed by atoms with Crippen molar-refractivity contribution >= 4 is 31.7 Å². The first-order valence-corrected chi connectivity index (χ1v) is 6.74. The summed E-state index contributed by atoms with van der Waals surface area (Å²) in [5, 5.41) is 10.6. The molecule has 0 aliphatic heterocycles. The third-order valence-electron chi connectivity index (χ3n) is 1.92. The first-order valence-electron chi connectivity index (χ1n) is 4.43. The standard InChI is InChI=1S/C8H3ClF3NO6S/c9-20(17,18)4-1-6(13(15)16)5(3-14)7(2-4)19-8(10,11)12/h1-3H. The zero-order valence-electron chi connectivity index (χ0n) is 9.05. The van der Waals surface area contributed by atoms with Crippen molar-refractivity contribution in [1.82, 2.24) is 0 Å². The monoisotopic (exact) mass is 333 g/mol. The zero-order chi connectivity index (χ0) is 15.7. The fourth-order valence-electron chi connectivity index (χ4n) is 1.21. The highest BCUT2D eigenvalue weighted by Crippen LogP contribution is 2.35. The van der Waals surface area contributed by atoms with Crippen LogP contribution in [-0.2, 0) is 9.05 Å². The van der Waals surface area contributed by atoms with Gasteiger partial charge in [-0.15, -0.1) is 13.2 Å². The van der Waals surface area contributed by atoms with Crippen LogP contribution < -0.4 is 4.74 Å². The van der Waals surface area contributed by atoms with Crippen molar-refractivity contribution in [3.63, 3.8) is 0 Å². The third kappa shape index (κ3) is 3.81. The van der Waals surface area contributed by atoms with Crippen LogP contribution in [-0.4, -0.2) is 26.0 Å². The molecule has 0 saturated heterocycles. The molecule has 0 aliphatic carbocycles. The van der Waals surface area contributed by atoms with Crippen LogP contribution in [0.2, 0.25) is 0 Å². The van der Waals surface area contributed by atoms with E-state index >= 15 is 0 Å². The summed E-state index contributed by atoms with van der Waals surface area (Å²) in [7, 11) is 0.341. The molecule has 0 radical (unpaired) electrons. The number of halogens is 4. The number of nitro benzene ring substituents is 1. The quantitative estimate of drug-likeness (QED) is 0.362. The van der Waals surface area contributed by atoms with Gasteiger partial charge >= 0.3 is 6.36 Å². The lowest BCUT2D eigenvalue weighted by atomic mass is 10.2. The van der Waals surface area contributed by atoms with E-state index in [0.717, 1.165) is 0 Å². The van der Waals surface area contributed by atoms with Crippen LogP contribution in [0.5, 0.6) is 5.75 Å². The summed E-state index contributed by atoms with van der Waals surface area (Å²) < 4.78 is 61.9. The van der Waals surface area contributed by atoms with Crippen molar-refractivity contribution in [2.75, 3.05) is 0 Å². The van der Waals surface area contributed by atoms with E-state index in [2.05, 4.69) is 4.74 Å². The average Bonchev–Trinajstić information content (AvgIpc) is 2.24. The smallest absolute Gasteiger partial charge is 0.405 e. The van der Waals surface area contributed by atoms with Gasteiger partial charge in [-0.3, -0.25) is 14.9 Å². The molecule has 0 aromatic heterocycles. The minimum Gasteiger partial charge on any atom is -0.405 e. The Bertz CT molecular complexity index is 672. The van der Waals surface area contributed by atoms with E-state index in [1.807, 2.05) is 0 Å². The molecule has 0 spiro atoms. The van der Waals surface area contributed by atoms with Crippen molar-refractivity contribution in [3.05, 3.63) is 27.8 Å². The second kappa shape index (κ2) is 5.25. The van der Waals surface area contributed by atoms with E-state index in [4.69, 9.17) is 10.7 Å². The minimum absolute atomic E-state index is 0.260. The fourth-order valence-corrected chi connectivity index (χ4v) is 1.97. The maximum atomic E-state index is 12.1. The summed E-state index contributed by atoms with van der Waals surface area (Å²) in [6.07, 6.45) is -5.54. The molecule has 7 nitrogen and oxygen atoms in total. The van der Waals surface area contributed by atoms with Gasteiger partial charge in [-0.25, -0.2) is 8.42 Å². The van der Waals surface area contributed by atoms with Crippen LogP contribution in [0.15, 0.2) is 17.0 Å². The largest absolute Gasteiger partial charge is 0.573 e. The predicted molar refractivity (Wildman–Crippen MR) is 58.2 cm³/mol. The van der Waals surface area contributed by atoms with Gasteiger partial charge in [-0.2, -0.15) is 0 Å². The van der Waals surface area contributed by atoms with Crippen LogP contribution in [0.25, 0.3) is 0 Å². The summed E-state index contributed by atoms with van der Waals surface area (Å²) >= 11 is 0. The van der Waals surface area contributed by atoms with Crippen molar-refractivity contribution in [3.8, 4) is 5.75 Å². The molecule has 0 amide bonds. The molecular weight excluding hydrogens is 331 g/mol. The van der Waals surface area contributed by atoms with Gasteiger partial charge in [-0.1, -0.05) is 0 Å². The predicted octanol–water partition coefficient (Wildman–Crippen LogP) is 2.23. The minimum atomic E-state index is -5.28. The number of nitro groups is 1. The summed E-state index contributed by atoms with van der Waals surface area (Å²) in [5.41, 5.74) is -2.24. The Labute approximate surface area is 113 Å². The van der Waals surface area contributed by atoms with E-state index < -0.39 is 42.2 Å². The van der Waals surface area contributed by atoms with Crippen molar-refractivity contribution in [1.29, 1.82) is 0 Å². The molecular formula is C8H3ClF3NO6S. The molecule has 1 rings (SSSR count). The summed E-state index contributed by atoms with van der Waals surface area (Å²) in [6.45, 7) is 0. The second-order valence-electron chi connectivity index (χ2n) is 3.21. The van der Waals surface area contributed by atoms with Crippen LogP contribution in [0.3, 0.4) is 0 Å². The molecule has 20 heavy (non-hydrogen) atoms. The highest BCUT2D eigenvalue weighted by molar-refractivity contribution is 8.13. The number of hydrogen-bond donors (Lipinski definition) is 0. The lowest BCUT2D eigenvalue weighted by Gasteiger charge is -2.11. The van der Waals surface area contributed by atoms with Crippen molar-refractivity contribution in [2.45, 2.75) is 11.3 Å². The van der Waals surface area contributed by atoms with Crippen molar-refractivity contribution < 1.29 is 36.0 Å². The van der Waals surface area contributed by atoms with Gasteiger partial charge in [0.25, 0.3) is 14.7 Å². The maximum absolute atomic E-state index is 12.1. The molecule has 0 aliphatic rings. The van der Waals surface area contributed by atoms with Crippen LogP contribution in [0.4, 0.5) is 18.9 Å². The molecule has 1 aromatic carbocycles. The molecule has 0 bridgehead atoms. The van der Waals surface area contributed by atoms with Gasteiger partial charge in [0.05, 0.1) is 9.82 Å². The molecule has 0 heterocycles. The van der Waals surface area contributed by atoms with E-state index in [0.29, 0.717) is 6.07 Å². The molecule has 0 unspecified atom stereocenters. The number of carbonyl (C=O) groups excluding carboxylic acids is 1. The summed E-state index contributed by atoms with van der Waals surface area (Å²) in [6, 6.07) is 0.627. The van der Waals surface area contributed by atoms with E-state index in [1.165, 1.54) is 0 Å². The van der Waals surface area contributed by atoms with Gasteiger partial charge in [0.1, 0.15) is 11.3 Å². The van der Waals surface area contributed by atoms with E-state index in [-0.39, 0.29) is 12.4 Å². The van der Waals surface area contributed by atoms with Gasteiger partial charge in [0.2, 0.25) is 0 Å². The van der Waals surface area contributed by atoms with Crippen LogP contribution >= 0.6 is 10.7 Å². The van der Waals surface area contributed by atoms with Gasteiger partial charge < -0.3 is 4.74 Å². The molecule has 0 N–H and O–H groups in total. The lowest BCUT2D eigenvalue weighted by molar-refractivity contribution is -0.385. The SMILES string of the molecule is O=Cc1c(OC(F)(F)F)cc(S(=O)(=O)Cl)cc1[N+](=O)[O-]. The number of rotatable bonds is 4. The Kier molecular flexibility index (Phi) is 4.24. The lowest BCUT2D eigenvalue weighted by Crippen LogP contribution is -2.19. The Hall–Kier alpha value is -1.88. The Balaban J connectivity index is 3.66. The fraction of sp³-hybridized carbons (Fsp3) is 0.125. The summed E-state index contributed by atoms with van der Waals surface area (Å²) in [4.78, 5) is 19.1. The first-order chi connectivity index (χ1) is 8.95. The van der Waals surface area contributed by atoms with Gasteiger partial charge in [0.15, 0.2) is 6.29 Å². The van der Waals surface area contributed by atoms with Crippen molar-refractivity contribution in [2.24, 2.45) is 0 Å². The number of alkyl halides is 3. The summed E-state index contributed by atoms with van der Waals surface area (Å²) in [5.74, 6) is -1.33. The first kappa shape index (κ1) is 16.2. The number of carbonyl (C=O) groups is 1. The Morgan fingerprint density at radius 2 is 1.90 bits per heavy atom. The van der Waals surface area contributed by atoms with Crippen LogP contribution in [0.1, 0.15) is 10.4 Å². The molecule has 0 atom stereocenters. The number of ether oxygens (including phenoxy) is 1. The average molecular weight is 334 g/mol.